The van der Waals surface area contributed by atoms with Crippen LogP contribution in [0.1, 0.15) is 13.8 Å². The minimum absolute atomic E-state index is 0. The van der Waals surface area contributed by atoms with Crippen LogP contribution in [0.15, 0.2) is 4.99 Å². The standard InChI is InChI=1S/C14H26N4O3S.HI/c1-5-6-16-14(15-4)17-7-9-18(10-8-17)22(19,20)12-11-21-13(2)3;/h1,13H,6-12H2,2-4H3,(H,15,16);1H. The van der Waals surface area contributed by atoms with Crippen LogP contribution in [0.5, 0.6) is 0 Å². The molecule has 1 fully saturated rings. The van der Waals surface area contributed by atoms with Crippen molar-refractivity contribution in [3.05, 3.63) is 0 Å². The zero-order chi connectivity index (χ0) is 16.6. The lowest BCUT2D eigenvalue weighted by molar-refractivity contribution is 0.0904. The predicted octanol–water partition coefficient (Wildman–Crippen LogP) is 0.185. The summed E-state index contributed by atoms with van der Waals surface area (Å²) in [6.45, 7) is 6.48. The van der Waals surface area contributed by atoms with Gasteiger partial charge in [-0.25, -0.2) is 8.42 Å². The lowest BCUT2D eigenvalue weighted by atomic mass is 10.4. The molecular formula is C14H27IN4O3S. The first-order valence-electron chi connectivity index (χ1n) is 7.39. The van der Waals surface area contributed by atoms with E-state index in [9.17, 15) is 8.42 Å². The molecule has 0 atom stereocenters. The summed E-state index contributed by atoms with van der Waals surface area (Å²) in [6.07, 6.45) is 5.26. The van der Waals surface area contributed by atoms with Gasteiger partial charge in [0.1, 0.15) is 0 Å². The summed E-state index contributed by atoms with van der Waals surface area (Å²) in [5.74, 6) is 3.23. The van der Waals surface area contributed by atoms with Gasteiger partial charge in [-0.1, -0.05) is 5.92 Å². The molecule has 1 N–H and O–H groups in total. The second-order valence-corrected chi connectivity index (χ2v) is 7.32. The summed E-state index contributed by atoms with van der Waals surface area (Å²) in [6, 6.07) is 0. The van der Waals surface area contributed by atoms with Gasteiger partial charge >= 0.3 is 0 Å². The van der Waals surface area contributed by atoms with Crippen LogP contribution in [-0.2, 0) is 14.8 Å². The molecule has 0 saturated carbocycles. The second kappa shape index (κ2) is 11.1. The number of rotatable bonds is 6. The number of ether oxygens (including phenoxy) is 1. The molecule has 0 aromatic rings. The number of sulfonamides is 1. The summed E-state index contributed by atoms with van der Waals surface area (Å²) in [7, 11) is -1.58. The quantitative estimate of drug-likeness (QED) is 0.266. The summed E-state index contributed by atoms with van der Waals surface area (Å²) in [4.78, 5) is 6.16. The van der Waals surface area contributed by atoms with Crippen molar-refractivity contribution < 1.29 is 13.2 Å². The van der Waals surface area contributed by atoms with Gasteiger partial charge in [-0.2, -0.15) is 4.31 Å². The summed E-state index contributed by atoms with van der Waals surface area (Å²) in [5.41, 5.74) is 0. The van der Waals surface area contributed by atoms with E-state index in [1.807, 2.05) is 18.7 Å². The molecule has 0 bridgehead atoms. The molecule has 0 aromatic heterocycles. The van der Waals surface area contributed by atoms with Gasteiger partial charge in [0.05, 0.1) is 25.0 Å². The van der Waals surface area contributed by atoms with E-state index in [4.69, 9.17) is 11.2 Å². The van der Waals surface area contributed by atoms with Crippen LogP contribution in [0.2, 0.25) is 0 Å². The Morgan fingerprint density at radius 1 is 1.35 bits per heavy atom. The van der Waals surface area contributed by atoms with Crippen LogP contribution in [0.4, 0.5) is 0 Å². The van der Waals surface area contributed by atoms with Crippen molar-refractivity contribution in [2.45, 2.75) is 20.0 Å². The first-order valence-corrected chi connectivity index (χ1v) is 9.00. The van der Waals surface area contributed by atoms with Gasteiger partial charge in [0.25, 0.3) is 0 Å². The normalized spacial score (nSPS) is 16.8. The van der Waals surface area contributed by atoms with E-state index in [-0.39, 0.29) is 42.4 Å². The molecule has 23 heavy (non-hydrogen) atoms. The number of nitrogens with one attached hydrogen (secondary N) is 1. The molecule has 134 valence electrons. The van der Waals surface area contributed by atoms with Crippen molar-refractivity contribution in [2.75, 3.05) is 52.1 Å². The van der Waals surface area contributed by atoms with Crippen LogP contribution in [-0.4, -0.2) is 81.8 Å². The number of hydrogen-bond donors (Lipinski definition) is 1. The third-order valence-electron chi connectivity index (χ3n) is 3.28. The lowest BCUT2D eigenvalue weighted by Crippen LogP contribution is -2.54. The van der Waals surface area contributed by atoms with Crippen molar-refractivity contribution in [2.24, 2.45) is 4.99 Å². The number of terminal acetylenes is 1. The predicted molar refractivity (Wildman–Crippen MR) is 104 cm³/mol. The highest BCUT2D eigenvalue weighted by Crippen LogP contribution is 2.08. The highest BCUT2D eigenvalue weighted by Gasteiger charge is 2.27. The zero-order valence-electron chi connectivity index (χ0n) is 14.0. The first-order chi connectivity index (χ1) is 10.4. The Morgan fingerprint density at radius 2 is 1.96 bits per heavy atom. The average Bonchev–Trinajstić information content (AvgIpc) is 2.48. The Bertz CT molecular complexity index is 509. The van der Waals surface area contributed by atoms with Crippen molar-refractivity contribution >= 4 is 40.0 Å². The SMILES string of the molecule is C#CCNC(=NC)N1CCN(S(=O)(=O)CCOC(C)C)CC1.I. The Hall–Kier alpha value is -0.570. The molecule has 9 heteroatoms. The highest BCUT2D eigenvalue weighted by atomic mass is 127. The molecule has 1 heterocycles. The number of nitrogens with zero attached hydrogens (tertiary/aromatic N) is 3. The average molecular weight is 458 g/mol. The van der Waals surface area contributed by atoms with Gasteiger partial charge in [-0.05, 0) is 13.8 Å². The molecule has 0 spiro atoms. The Labute approximate surface area is 156 Å². The van der Waals surface area contributed by atoms with Crippen molar-refractivity contribution in [3.8, 4) is 12.3 Å². The van der Waals surface area contributed by atoms with Crippen LogP contribution in [0.25, 0.3) is 0 Å². The van der Waals surface area contributed by atoms with E-state index in [0.717, 1.165) is 0 Å². The number of piperazine rings is 1. The molecule has 0 aromatic carbocycles. The summed E-state index contributed by atoms with van der Waals surface area (Å²) >= 11 is 0. The maximum atomic E-state index is 12.2. The molecule has 7 nitrogen and oxygen atoms in total. The fourth-order valence-electron chi connectivity index (χ4n) is 2.16. The van der Waals surface area contributed by atoms with Crippen molar-refractivity contribution in [3.63, 3.8) is 0 Å². The maximum absolute atomic E-state index is 12.2. The molecule has 0 aliphatic carbocycles. The van der Waals surface area contributed by atoms with E-state index in [1.165, 1.54) is 4.31 Å². The molecule has 1 rings (SSSR count). The smallest absolute Gasteiger partial charge is 0.216 e. The molecule has 0 radical (unpaired) electrons. The first kappa shape index (κ1) is 22.4. The fourth-order valence-corrected chi connectivity index (χ4v) is 3.44. The van der Waals surface area contributed by atoms with Crippen LogP contribution in [0.3, 0.4) is 0 Å². The Balaban J connectivity index is 0.00000484. The third-order valence-corrected chi connectivity index (χ3v) is 5.12. The minimum Gasteiger partial charge on any atom is -0.378 e. The van der Waals surface area contributed by atoms with Crippen LogP contribution < -0.4 is 5.32 Å². The van der Waals surface area contributed by atoms with Gasteiger partial charge in [0, 0.05) is 33.2 Å². The monoisotopic (exact) mass is 458 g/mol. The maximum Gasteiger partial charge on any atom is 0.216 e. The molecule has 0 amide bonds. The molecule has 1 saturated heterocycles. The fraction of sp³-hybridized carbons (Fsp3) is 0.786. The van der Waals surface area contributed by atoms with E-state index >= 15 is 0 Å². The largest absolute Gasteiger partial charge is 0.378 e. The third kappa shape index (κ3) is 7.69. The second-order valence-electron chi connectivity index (χ2n) is 5.23. The Kier molecular flexibility index (Phi) is 10.8. The van der Waals surface area contributed by atoms with Gasteiger partial charge in [0.2, 0.25) is 10.0 Å². The van der Waals surface area contributed by atoms with Gasteiger partial charge in [-0.15, -0.1) is 30.4 Å². The topological polar surface area (TPSA) is 74.2 Å². The van der Waals surface area contributed by atoms with Crippen molar-refractivity contribution in [1.29, 1.82) is 0 Å². The van der Waals surface area contributed by atoms with E-state index in [0.29, 0.717) is 38.7 Å². The summed E-state index contributed by atoms with van der Waals surface area (Å²) < 4.78 is 31.3. The lowest BCUT2D eigenvalue weighted by Gasteiger charge is -2.35. The number of halogens is 1. The van der Waals surface area contributed by atoms with Gasteiger partial charge in [-0.3, -0.25) is 4.99 Å². The molecule has 1 aliphatic heterocycles. The molecular weight excluding hydrogens is 431 g/mol. The van der Waals surface area contributed by atoms with E-state index in [2.05, 4.69) is 16.2 Å². The minimum atomic E-state index is -3.26. The number of aliphatic imine (C=N–C) groups is 1. The van der Waals surface area contributed by atoms with Gasteiger partial charge in [0.15, 0.2) is 5.96 Å². The van der Waals surface area contributed by atoms with E-state index < -0.39 is 10.0 Å². The van der Waals surface area contributed by atoms with Gasteiger partial charge < -0.3 is 15.0 Å². The van der Waals surface area contributed by atoms with Crippen LogP contribution in [0, 0.1) is 12.3 Å². The van der Waals surface area contributed by atoms with Crippen molar-refractivity contribution in [1.82, 2.24) is 14.5 Å². The van der Waals surface area contributed by atoms with Crippen LogP contribution >= 0.6 is 24.0 Å². The molecule has 0 unspecified atom stereocenters. The molecule has 1 aliphatic rings. The van der Waals surface area contributed by atoms with E-state index in [1.54, 1.807) is 7.05 Å². The zero-order valence-corrected chi connectivity index (χ0v) is 17.1. The highest BCUT2D eigenvalue weighted by molar-refractivity contribution is 14.0. The summed E-state index contributed by atoms with van der Waals surface area (Å²) in [5, 5.41) is 3.04. The number of hydrogen-bond acceptors (Lipinski definition) is 4. The Morgan fingerprint density at radius 3 is 2.43 bits per heavy atom. The number of guanidine groups is 1.